The molecular formula is C32H34N2O6. The van der Waals surface area contributed by atoms with Gasteiger partial charge in [0.2, 0.25) is 0 Å². The van der Waals surface area contributed by atoms with Crippen LogP contribution in [0.5, 0.6) is 11.5 Å². The largest absolute Gasteiger partial charge is 0.497 e. The molecule has 2 atom stereocenters. The van der Waals surface area contributed by atoms with Crippen LogP contribution in [0.3, 0.4) is 0 Å². The molecule has 0 saturated heterocycles. The van der Waals surface area contributed by atoms with Gasteiger partial charge in [-0.25, -0.2) is 0 Å². The van der Waals surface area contributed by atoms with Crippen molar-refractivity contribution in [3.8, 4) is 11.5 Å². The van der Waals surface area contributed by atoms with E-state index < -0.39 is 11.0 Å². The first-order valence-corrected chi connectivity index (χ1v) is 13.1. The molecule has 4 aromatic rings. The van der Waals surface area contributed by atoms with E-state index in [0.717, 1.165) is 22.4 Å². The number of aliphatic hydroxyl groups is 2. The van der Waals surface area contributed by atoms with E-state index in [1.165, 1.54) is 12.1 Å². The Morgan fingerprint density at radius 3 is 2.12 bits per heavy atom. The standard InChI is InChI=1S/C32H34N2O6/c1-39-29-15-12-24(13-16-29)18-28(22-35)33(20-25-8-4-2-5-9-25)21-31(36)27-14-17-32(30(19-27)34(37)38)40-23-26-10-6-3-7-11-26/h2-17,19,28,31,35-36H,18,20-23H2,1H3/t28-,31+/m0/s1. The highest BCUT2D eigenvalue weighted by molar-refractivity contribution is 5.49. The van der Waals surface area contributed by atoms with E-state index in [9.17, 15) is 20.3 Å². The van der Waals surface area contributed by atoms with Crippen LogP contribution in [0, 0.1) is 10.1 Å². The number of ether oxygens (including phenoxy) is 2. The molecule has 208 valence electrons. The summed E-state index contributed by atoms with van der Waals surface area (Å²) < 4.78 is 11.0. The van der Waals surface area contributed by atoms with Gasteiger partial charge >= 0.3 is 5.69 Å². The average molecular weight is 543 g/mol. The van der Waals surface area contributed by atoms with Gasteiger partial charge < -0.3 is 19.7 Å². The predicted molar refractivity (Wildman–Crippen MR) is 153 cm³/mol. The fourth-order valence-electron chi connectivity index (χ4n) is 4.57. The average Bonchev–Trinajstić information content (AvgIpc) is 2.99. The van der Waals surface area contributed by atoms with Crippen LogP contribution in [-0.2, 0) is 19.6 Å². The monoisotopic (exact) mass is 542 g/mol. The topological polar surface area (TPSA) is 105 Å². The lowest BCUT2D eigenvalue weighted by atomic mass is 10.0. The first-order chi connectivity index (χ1) is 19.5. The Kier molecular flexibility index (Phi) is 10.2. The summed E-state index contributed by atoms with van der Waals surface area (Å²) in [7, 11) is 1.61. The third-order valence-corrected chi connectivity index (χ3v) is 6.80. The number of rotatable bonds is 14. The molecule has 0 spiro atoms. The van der Waals surface area contributed by atoms with Gasteiger partial charge in [-0.2, -0.15) is 0 Å². The minimum atomic E-state index is -1.03. The molecule has 0 aliphatic heterocycles. The van der Waals surface area contributed by atoms with Gasteiger partial charge in [0.1, 0.15) is 12.4 Å². The molecule has 0 aliphatic rings. The molecule has 0 fully saturated rings. The number of aliphatic hydroxyl groups excluding tert-OH is 2. The minimum Gasteiger partial charge on any atom is -0.497 e. The van der Waals surface area contributed by atoms with Crippen molar-refractivity contribution >= 4 is 5.69 Å². The lowest BCUT2D eigenvalue weighted by Gasteiger charge is -2.32. The highest BCUT2D eigenvalue weighted by Crippen LogP contribution is 2.32. The summed E-state index contributed by atoms with van der Waals surface area (Å²) in [4.78, 5) is 13.4. The zero-order chi connectivity index (χ0) is 28.3. The Morgan fingerprint density at radius 1 is 0.875 bits per heavy atom. The SMILES string of the molecule is COc1ccc(C[C@@H](CO)N(Cc2ccccc2)C[C@@H](O)c2ccc(OCc3ccccc3)c([N+](=O)[O-])c2)cc1. The summed E-state index contributed by atoms with van der Waals surface area (Å²) in [6, 6.07) is 31.1. The lowest BCUT2D eigenvalue weighted by molar-refractivity contribution is -0.386. The molecule has 0 saturated carbocycles. The minimum absolute atomic E-state index is 0.127. The van der Waals surface area contributed by atoms with Crippen molar-refractivity contribution < 1.29 is 24.6 Å². The highest BCUT2D eigenvalue weighted by atomic mass is 16.6. The van der Waals surface area contributed by atoms with Crippen LogP contribution in [0.25, 0.3) is 0 Å². The maximum atomic E-state index is 11.9. The quantitative estimate of drug-likeness (QED) is 0.164. The zero-order valence-electron chi connectivity index (χ0n) is 22.4. The smallest absolute Gasteiger partial charge is 0.311 e. The molecule has 2 N–H and O–H groups in total. The number of nitro benzene ring substituents is 1. The van der Waals surface area contributed by atoms with Gasteiger partial charge in [-0.15, -0.1) is 0 Å². The van der Waals surface area contributed by atoms with Crippen molar-refractivity contribution in [1.82, 2.24) is 4.90 Å². The molecule has 4 rings (SSSR count). The van der Waals surface area contributed by atoms with Crippen molar-refractivity contribution in [3.05, 3.63) is 135 Å². The molecular weight excluding hydrogens is 508 g/mol. The van der Waals surface area contributed by atoms with E-state index in [-0.39, 0.29) is 37.2 Å². The molecule has 0 aliphatic carbocycles. The van der Waals surface area contributed by atoms with Gasteiger partial charge in [0.05, 0.1) is 24.7 Å². The zero-order valence-corrected chi connectivity index (χ0v) is 22.4. The molecule has 0 bridgehead atoms. The predicted octanol–water partition coefficient (Wildman–Crippen LogP) is 5.32. The Labute approximate surface area is 234 Å². The van der Waals surface area contributed by atoms with Gasteiger partial charge in [-0.1, -0.05) is 78.9 Å². The fraction of sp³-hybridized carbons (Fsp3) is 0.250. The molecule has 0 radical (unpaired) electrons. The summed E-state index contributed by atoms with van der Waals surface area (Å²) in [5.41, 5.74) is 3.13. The Balaban J connectivity index is 1.54. The van der Waals surface area contributed by atoms with Crippen LogP contribution < -0.4 is 9.47 Å². The van der Waals surface area contributed by atoms with Gasteiger partial charge in [-0.05, 0) is 46.9 Å². The van der Waals surface area contributed by atoms with Crippen molar-refractivity contribution in [3.63, 3.8) is 0 Å². The lowest BCUT2D eigenvalue weighted by Crippen LogP contribution is -2.41. The highest BCUT2D eigenvalue weighted by Gasteiger charge is 2.25. The molecule has 0 heterocycles. The summed E-state index contributed by atoms with van der Waals surface area (Å²) in [6.45, 7) is 0.716. The van der Waals surface area contributed by atoms with Crippen LogP contribution in [0.2, 0.25) is 0 Å². The van der Waals surface area contributed by atoms with Crippen molar-refractivity contribution in [2.45, 2.75) is 31.7 Å². The second-order valence-electron chi connectivity index (χ2n) is 9.58. The maximum absolute atomic E-state index is 11.9. The number of methoxy groups -OCH3 is 1. The molecule has 40 heavy (non-hydrogen) atoms. The summed E-state index contributed by atoms with van der Waals surface area (Å²) in [5.74, 6) is 0.886. The molecule has 4 aromatic carbocycles. The Bertz CT molecular complexity index is 1350. The molecule has 0 aromatic heterocycles. The van der Waals surface area contributed by atoms with E-state index in [2.05, 4.69) is 0 Å². The number of nitro groups is 1. The Morgan fingerprint density at radius 2 is 1.52 bits per heavy atom. The number of hydrogen-bond donors (Lipinski definition) is 2. The van der Waals surface area contributed by atoms with Gasteiger partial charge in [0.25, 0.3) is 0 Å². The van der Waals surface area contributed by atoms with Crippen LogP contribution in [0.4, 0.5) is 5.69 Å². The van der Waals surface area contributed by atoms with Gasteiger partial charge in [0.15, 0.2) is 5.75 Å². The van der Waals surface area contributed by atoms with Crippen LogP contribution in [0.15, 0.2) is 103 Å². The fourth-order valence-corrected chi connectivity index (χ4v) is 4.57. The maximum Gasteiger partial charge on any atom is 0.311 e. The molecule has 0 amide bonds. The van der Waals surface area contributed by atoms with E-state index in [4.69, 9.17) is 9.47 Å². The van der Waals surface area contributed by atoms with Crippen LogP contribution >= 0.6 is 0 Å². The first-order valence-electron chi connectivity index (χ1n) is 13.1. The third-order valence-electron chi connectivity index (χ3n) is 6.80. The first kappa shape index (κ1) is 28.8. The Hall–Kier alpha value is -4.24. The second kappa shape index (κ2) is 14.2. The number of nitrogens with zero attached hydrogens (tertiary/aromatic N) is 2. The summed E-state index contributed by atoms with van der Waals surface area (Å²) in [6.07, 6.45) is -0.484. The van der Waals surface area contributed by atoms with Crippen molar-refractivity contribution in [2.24, 2.45) is 0 Å². The molecule has 8 nitrogen and oxygen atoms in total. The summed E-state index contributed by atoms with van der Waals surface area (Å²) in [5, 5.41) is 33.5. The van der Waals surface area contributed by atoms with Crippen LogP contribution in [-0.4, -0.2) is 46.3 Å². The number of hydrogen-bond acceptors (Lipinski definition) is 7. The number of benzene rings is 4. The van der Waals surface area contributed by atoms with Crippen molar-refractivity contribution in [1.29, 1.82) is 0 Å². The van der Waals surface area contributed by atoms with E-state index in [0.29, 0.717) is 18.5 Å². The van der Waals surface area contributed by atoms with Gasteiger partial charge in [0, 0.05) is 25.2 Å². The van der Waals surface area contributed by atoms with Gasteiger partial charge in [-0.3, -0.25) is 15.0 Å². The van der Waals surface area contributed by atoms with E-state index >= 15 is 0 Å². The van der Waals surface area contributed by atoms with E-state index in [1.807, 2.05) is 89.8 Å². The third kappa shape index (κ3) is 7.89. The van der Waals surface area contributed by atoms with E-state index in [1.54, 1.807) is 13.2 Å². The van der Waals surface area contributed by atoms with Crippen molar-refractivity contribution in [2.75, 3.05) is 20.3 Å². The second-order valence-corrected chi connectivity index (χ2v) is 9.58. The van der Waals surface area contributed by atoms with Crippen LogP contribution in [0.1, 0.15) is 28.4 Å². The molecule has 0 unspecified atom stereocenters. The molecule has 8 heteroatoms. The normalized spacial score (nSPS) is 12.6. The summed E-state index contributed by atoms with van der Waals surface area (Å²) >= 11 is 0.